The zero-order valence-electron chi connectivity index (χ0n) is 10.7. The number of aromatic hydroxyl groups is 1. The lowest BCUT2D eigenvalue weighted by atomic mass is 10.1. The summed E-state index contributed by atoms with van der Waals surface area (Å²) in [5, 5.41) is 12.2. The van der Waals surface area contributed by atoms with E-state index in [2.05, 4.69) is 5.32 Å². The van der Waals surface area contributed by atoms with E-state index in [9.17, 15) is 14.3 Å². The minimum absolute atomic E-state index is 0.0504. The topological polar surface area (TPSA) is 52.6 Å². The zero-order valence-corrected chi connectivity index (χ0v) is 10.7. The number of nitrogens with one attached hydrogen (secondary N) is 1. The van der Waals surface area contributed by atoms with Gasteiger partial charge in [-0.1, -0.05) is 6.92 Å². The number of benzene rings is 1. The smallest absolute Gasteiger partial charge is 0.233 e. The summed E-state index contributed by atoms with van der Waals surface area (Å²) in [6.45, 7) is 3.30. The molecule has 0 atom stereocenters. The van der Waals surface area contributed by atoms with Gasteiger partial charge in [0, 0.05) is 19.2 Å². The molecular weight excluding hydrogens is 235 g/mol. The summed E-state index contributed by atoms with van der Waals surface area (Å²) in [4.78, 5) is 13.2. The van der Waals surface area contributed by atoms with Gasteiger partial charge in [0.25, 0.3) is 0 Å². The third-order valence-electron chi connectivity index (χ3n) is 2.62. The van der Waals surface area contributed by atoms with Crippen LogP contribution in [0.3, 0.4) is 0 Å². The molecule has 4 nitrogen and oxygen atoms in total. The second-order valence-corrected chi connectivity index (χ2v) is 4.16. The molecule has 5 heteroatoms. The molecule has 0 radical (unpaired) electrons. The molecule has 0 aromatic heterocycles. The molecule has 0 saturated carbocycles. The Bertz CT molecular complexity index is 410. The summed E-state index contributed by atoms with van der Waals surface area (Å²) >= 11 is 0. The van der Waals surface area contributed by atoms with Crippen molar-refractivity contribution in [3.05, 3.63) is 29.6 Å². The maximum Gasteiger partial charge on any atom is 0.233 e. The molecule has 1 amide bonds. The van der Waals surface area contributed by atoms with Gasteiger partial charge in [-0.3, -0.25) is 9.69 Å². The lowest BCUT2D eigenvalue weighted by Gasteiger charge is -2.21. The van der Waals surface area contributed by atoms with Gasteiger partial charge in [0.15, 0.2) is 0 Å². The Balaban J connectivity index is 2.75. The van der Waals surface area contributed by atoms with Crippen molar-refractivity contribution in [2.75, 3.05) is 20.1 Å². The Labute approximate surface area is 106 Å². The fraction of sp³-hybridized carbons (Fsp3) is 0.462. The molecule has 0 aliphatic carbocycles. The first-order chi connectivity index (χ1) is 8.56. The first-order valence-corrected chi connectivity index (χ1v) is 5.97. The van der Waals surface area contributed by atoms with E-state index in [1.165, 1.54) is 18.2 Å². The zero-order chi connectivity index (χ0) is 13.5. The Morgan fingerprint density at radius 1 is 1.50 bits per heavy atom. The Morgan fingerprint density at radius 3 is 2.83 bits per heavy atom. The lowest BCUT2D eigenvalue weighted by molar-refractivity contribution is -0.121. The number of halogens is 1. The average molecular weight is 254 g/mol. The summed E-state index contributed by atoms with van der Waals surface area (Å²) in [6.07, 6.45) is 0.882. The molecule has 18 heavy (non-hydrogen) atoms. The van der Waals surface area contributed by atoms with Gasteiger partial charge in [0.05, 0.1) is 6.54 Å². The van der Waals surface area contributed by atoms with Gasteiger partial charge in [-0.25, -0.2) is 4.39 Å². The molecular formula is C13H19FN2O2. The molecule has 0 unspecified atom stereocenters. The number of carbonyl (C=O) groups is 1. The van der Waals surface area contributed by atoms with Crippen molar-refractivity contribution < 1.29 is 14.3 Å². The number of phenolic OH excluding ortho intramolecular Hbond substituents is 1. The number of nitrogens with zero attached hydrogens (tertiary/aromatic N) is 1. The standard InChI is InChI=1S/C13H19FN2O2/c1-3-6-16(9-13(18)15-2)8-10-7-11(14)4-5-12(10)17/h4-5,7,17H,3,6,8-9H2,1-2H3,(H,15,18). The summed E-state index contributed by atoms with van der Waals surface area (Å²) < 4.78 is 13.1. The van der Waals surface area contributed by atoms with E-state index >= 15 is 0 Å². The highest BCUT2D eigenvalue weighted by Crippen LogP contribution is 2.19. The van der Waals surface area contributed by atoms with Gasteiger partial charge in [0.1, 0.15) is 11.6 Å². The normalized spacial score (nSPS) is 10.7. The van der Waals surface area contributed by atoms with Gasteiger partial charge < -0.3 is 10.4 Å². The molecule has 1 rings (SSSR count). The van der Waals surface area contributed by atoms with Crippen molar-refractivity contribution in [2.24, 2.45) is 0 Å². The number of amides is 1. The van der Waals surface area contributed by atoms with Crippen molar-refractivity contribution in [3.63, 3.8) is 0 Å². The molecule has 0 spiro atoms. The van der Waals surface area contributed by atoms with Crippen LogP contribution in [0.2, 0.25) is 0 Å². The van der Waals surface area contributed by atoms with Gasteiger partial charge in [-0.05, 0) is 31.2 Å². The van der Waals surface area contributed by atoms with E-state index in [4.69, 9.17) is 0 Å². The van der Waals surface area contributed by atoms with E-state index in [0.29, 0.717) is 18.7 Å². The highest BCUT2D eigenvalue weighted by molar-refractivity contribution is 5.77. The number of phenols is 1. The highest BCUT2D eigenvalue weighted by Gasteiger charge is 2.12. The predicted molar refractivity (Wildman–Crippen MR) is 67.7 cm³/mol. The number of hydrogen-bond acceptors (Lipinski definition) is 3. The summed E-state index contributed by atoms with van der Waals surface area (Å²) in [5.74, 6) is -0.437. The maximum atomic E-state index is 13.1. The third kappa shape index (κ3) is 4.33. The number of carbonyl (C=O) groups excluding carboxylic acids is 1. The predicted octanol–water partition coefficient (Wildman–Crippen LogP) is 1.49. The first-order valence-electron chi connectivity index (χ1n) is 5.97. The van der Waals surface area contributed by atoms with E-state index in [-0.39, 0.29) is 24.0 Å². The fourth-order valence-electron chi connectivity index (χ4n) is 1.73. The lowest BCUT2D eigenvalue weighted by Crippen LogP contribution is -2.35. The van der Waals surface area contributed by atoms with Crippen LogP contribution < -0.4 is 5.32 Å². The van der Waals surface area contributed by atoms with Gasteiger partial charge in [-0.15, -0.1) is 0 Å². The molecule has 0 saturated heterocycles. The summed E-state index contributed by atoms with van der Waals surface area (Å²) in [7, 11) is 1.58. The van der Waals surface area contributed by atoms with Crippen molar-refractivity contribution in [2.45, 2.75) is 19.9 Å². The van der Waals surface area contributed by atoms with E-state index < -0.39 is 0 Å². The molecule has 0 aliphatic rings. The third-order valence-corrected chi connectivity index (χ3v) is 2.62. The average Bonchev–Trinajstić information content (AvgIpc) is 2.34. The minimum Gasteiger partial charge on any atom is -0.508 e. The summed E-state index contributed by atoms with van der Waals surface area (Å²) in [6, 6.07) is 3.83. The van der Waals surface area contributed by atoms with E-state index in [1.807, 2.05) is 11.8 Å². The van der Waals surface area contributed by atoms with Gasteiger partial charge in [0.2, 0.25) is 5.91 Å². The number of likely N-dealkylation sites (N-methyl/N-ethyl adjacent to an activating group) is 1. The highest BCUT2D eigenvalue weighted by atomic mass is 19.1. The minimum atomic E-state index is -0.390. The first kappa shape index (κ1) is 14.4. The number of hydrogen-bond donors (Lipinski definition) is 2. The monoisotopic (exact) mass is 254 g/mol. The van der Waals surface area contributed by atoms with Crippen LogP contribution in [0, 0.1) is 5.82 Å². The van der Waals surface area contributed by atoms with Gasteiger partial charge >= 0.3 is 0 Å². The molecule has 2 N–H and O–H groups in total. The molecule has 0 aliphatic heterocycles. The SMILES string of the molecule is CCCN(CC(=O)NC)Cc1cc(F)ccc1O. The van der Waals surface area contributed by atoms with Crippen LogP contribution in [0.1, 0.15) is 18.9 Å². The van der Waals surface area contributed by atoms with Crippen LogP contribution >= 0.6 is 0 Å². The summed E-state index contributed by atoms with van der Waals surface area (Å²) in [5.41, 5.74) is 0.493. The van der Waals surface area contributed by atoms with Crippen LogP contribution in [-0.2, 0) is 11.3 Å². The van der Waals surface area contributed by atoms with E-state index in [0.717, 1.165) is 6.42 Å². The Kier molecular flexibility index (Phi) is 5.58. The molecule has 1 aromatic rings. The Morgan fingerprint density at radius 2 is 2.22 bits per heavy atom. The molecule has 0 fully saturated rings. The van der Waals surface area contributed by atoms with Gasteiger partial charge in [-0.2, -0.15) is 0 Å². The fourth-order valence-corrected chi connectivity index (χ4v) is 1.73. The second kappa shape index (κ2) is 6.96. The van der Waals surface area contributed by atoms with Crippen LogP contribution in [0.4, 0.5) is 4.39 Å². The Hall–Kier alpha value is -1.62. The molecule has 1 aromatic carbocycles. The van der Waals surface area contributed by atoms with Crippen LogP contribution in [-0.4, -0.2) is 36.1 Å². The molecule has 100 valence electrons. The van der Waals surface area contributed by atoms with Crippen molar-refractivity contribution >= 4 is 5.91 Å². The maximum absolute atomic E-state index is 13.1. The van der Waals surface area contributed by atoms with E-state index in [1.54, 1.807) is 7.05 Å². The second-order valence-electron chi connectivity index (χ2n) is 4.16. The van der Waals surface area contributed by atoms with Crippen LogP contribution in [0.5, 0.6) is 5.75 Å². The largest absolute Gasteiger partial charge is 0.508 e. The van der Waals surface area contributed by atoms with Crippen molar-refractivity contribution in [1.82, 2.24) is 10.2 Å². The number of rotatable bonds is 6. The van der Waals surface area contributed by atoms with Crippen molar-refractivity contribution in [1.29, 1.82) is 0 Å². The van der Waals surface area contributed by atoms with Crippen LogP contribution in [0.15, 0.2) is 18.2 Å². The molecule has 0 heterocycles. The van der Waals surface area contributed by atoms with Crippen molar-refractivity contribution in [3.8, 4) is 5.75 Å². The van der Waals surface area contributed by atoms with Crippen LogP contribution in [0.25, 0.3) is 0 Å². The quantitative estimate of drug-likeness (QED) is 0.808. The molecule has 0 bridgehead atoms.